The van der Waals surface area contributed by atoms with Gasteiger partial charge in [0, 0.05) is 11.4 Å². The van der Waals surface area contributed by atoms with Crippen LogP contribution in [-0.4, -0.2) is 6.54 Å². The van der Waals surface area contributed by atoms with E-state index in [0.29, 0.717) is 6.54 Å². The van der Waals surface area contributed by atoms with E-state index in [1.807, 2.05) is 24.3 Å². The summed E-state index contributed by atoms with van der Waals surface area (Å²) in [6.07, 6.45) is 5.07. The van der Waals surface area contributed by atoms with Gasteiger partial charge in [-0.15, -0.1) is 6.42 Å². The van der Waals surface area contributed by atoms with Gasteiger partial charge < -0.3 is 11.1 Å². The number of nitrogens with two attached hydrogens (primary N) is 1. The van der Waals surface area contributed by atoms with Crippen LogP contribution in [0.4, 0.5) is 11.4 Å². The van der Waals surface area contributed by atoms with E-state index in [4.69, 9.17) is 12.2 Å². The van der Waals surface area contributed by atoms with Crippen molar-refractivity contribution in [1.82, 2.24) is 0 Å². The summed E-state index contributed by atoms with van der Waals surface area (Å²) >= 11 is 0. The van der Waals surface area contributed by atoms with E-state index >= 15 is 0 Å². The van der Waals surface area contributed by atoms with E-state index in [1.54, 1.807) is 0 Å². The largest absolute Gasteiger partial charge is 0.399 e. The lowest BCUT2D eigenvalue weighted by atomic mass is 10.3. The molecule has 0 saturated carbocycles. The Hall–Kier alpha value is -1.62. The number of terminal acetylenes is 1. The smallest absolute Gasteiger partial charge is 0.0763 e. The Morgan fingerprint density at radius 2 is 2.00 bits per heavy atom. The number of rotatable bonds is 2. The van der Waals surface area contributed by atoms with Crippen LogP contribution in [0.15, 0.2) is 24.3 Å². The lowest BCUT2D eigenvalue weighted by Crippen LogP contribution is -1.97. The minimum atomic E-state index is 0.546. The molecule has 0 aliphatic carbocycles. The highest BCUT2D eigenvalue weighted by Gasteiger charge is 1.87. The minimum absolute atomic E-state index is 0.546. The van der Waals surface area contributed by atoms with E-state index in [-0.39, 0.29) is 0 Å². The first kappa shape index (κ1) is 7.49. The molecule has 0 aliphatic rings. The molecular weight excluding hydrogens is 136 g/mol. The van der Waals surface area contributed by atoms with Crippen molar-refractivity contribution in [2.24, 2.45) is 0 Å². The maximum Gasteiger partial charge on any atom is 0.0763 e. The van der Waals surface area contributed by atoms with Gasteiger partial charge in [-0.05, 0) is 24.3 Å². The highest BCUT2D eigenvalue weighted by molar-refractivity contribution is 5.51. The number of benzene rings is 1. The molecule has 0 radical (unpaired) electrons. The Kier molecular flexibility index (Phi) is 2.40. The summed E-state index contributed by atoms with van der Waals surface area (Å²) in [7, 11) is 0. The van der Waals surface area contributed by atoms with Crippen molar-refractivity contribution in [1.29, 1.82) is 0 Å². The van der Waals surface area contributed by atoms with Gasteiger partial charge in [0.15, 0.2) is 0 Å². The van der Waals surface area contributed by atoms with Crippen LogP contribution in [0.1, 0.15) is 0 Å². The molecule has 0 amide bonds. The second-order valence-electron chi connectivity index (χ2n) is 2.18. The van der Waals surface area contributed by atoms with Gasteiger partial charge in [-0.25, -0.2) is 0 Å². The zero-order chi connectivity index (χ0) is 8.10. The summed E-state index contributed by atoms with van der Waals surface area (Å²) in [5.74, 6) is 2.49. The maximum atomic E-state index is 5.49. The second kappa shape index (κ2) is 3.52. The molecule has 0 aromatic heterocycles. The van der Waals surface area contributed by atoms with E-state index in [0.717, 1.165) is 11.4 Å². The number of hydrogen-bond acceptors (Lipinski definition) is 2. The summed E-state index contributed by atoms with van der Waals surface area (Å²) in [6, 6.07) is 7.46. The lowest BCUT2D eigenvalue weighted by molar-refractivity contribution is 1.38. The molecule has 1 aromatic rings. The number of anilines is 2. The average Bonchev–Trinajstić information content (AvgIpc) is 2.04. The molecule has 0 aliphatic heterocycles. The van der Waals surface area contributed by atoms with E-state index in [1.165, 1.54) is 0 Å². The van der Waals surface area contributed by atoms with E-state index in [2.05, 4.69) is 11.2 Å². The van der Waals surface area contributed by atoms with Crippen LogP contribution in [0.5, 0.6) is 0 Å². The van der Waals surface area contributed by atoms with Gasteiger partial charge in [-0.2, -0.15) is 0 Å². The van der Waals surface area contributed by atoms with E-state index < -0.39 is 0 Å². The van der Waals surface area contributed by atoms with Gasteiger partial charge in [0.2, 0.25) is 0 Å². The van der Waals surface area contributed by atoms with Crippen molar-refractivity contribution in [3.05, 3.63) is 24.3 Å². The second-order valence-corrected chi connectivity index (χ2v) is 2.18. The molecule has 2 nitrogen and oxygen atoms in total. The number of nitrogens with one attached hydrogen (secondary N) is 1. The predicted molar refractivity (Wildman–Crippen MR) is 48.2 cm³/mol. The van der Waals surface area contributed by atoms with Gasteiger partial charge in [0.1, 0.15) is 0 Å². The Labute approximate surface area is 66.4 Å². The van der Waals surface area contributed by atoms with Crippen molar-refractivity contribution in [3.63, 3.8) is 0 Å². The summed E-state index contributed by atoms with van der Waals surface area (Å²) in [5, 5.41) is 3.03. The molecule has 11 heavy (non-hydrogen) atoms. The third kappa shape index (κ3) is 2.23. The van der Waals surface area contributed by atoms with Gasteiger partial charge in [-0.1, -0.05) is 5.92 Å². The predicted octanol–water partition coefficient (Wildman–Crippen LogP) is 1.31. The number of nitrogen functional groups attached to an aromatic ring is 1. The molecule has 0 unspecified atom stereocenters. The van der Waals surface area contributed by atoms with Gasteiger partial charge in [-0.3, -0.25) is 0 Å². The SMILES string of the molecule is C#CCNc1ccc(N)cc1. The fraction of sp³-hybridized carbons (Fsp3) is 0.111. The Morgan fingerprint density at radius 1 is 1.36 bits per heavy atom. The van der Waals surface area contributed by atoms with Crippen LogP contribution in [0.25, 0.3) is 0 Å². The number of hydrogen-bond donors (Lipinski definition) is 2. The van der Waals surface area contributed by atoms with E-state index in [9.17, 15) is 0 Å². The Bertz CT molecular complexity index is 256. The highest BCUT2D eigenvalue weighted by atomic mass is 14.8. The first-order valence-corrected chi connectivity index (χ1v) is 3.36. The van der Waals surface area contributed by atoms with Crippen LogP contribution in [0, 0.1) is 12.3 Å². The summed E-state index contributed by atoms with van der Waals surface area (Å²) in [5.41, 5.74) is 7.25. The fourth-order valence-electron chi connectivity index (χ4n) is 0.754. The first-order valence-electron chi connectivity index (χ1n) is 3.36. The van der Waals surface area contributed by atoms with Crippen molar-refractivity contribution in [3.8, 4) is 12.3 Å². The fourth-order valence-corrected chi connectivity index (χ4v) is 0.754. The molecule has 2 heteroatoms. The molecule has 1 aromatic carbocycles. The van der Waals surface area contributed by atoms with Gasteiger partial charge in [0.05, 0.1) is 6.54 Å². The topological polar surface area (TPSA) is 38.0 Å². The van der Waals surface area contributed by atoms with Crippen LogP contribution in [0.3, 0.4) is 0 Å². The standard InChI is InChI=1S/C9H10N2/c1-2-7-11-9-5-3-8(10)4-6-9/h1,3-6,11H,7,10H2. The quantitative estimate of drug-likeness (QED) is 0.487. The maximum absolute atomic E-state index is 5.49. The third-order valence-corrected chi connectivity index (χ3v) is 1.31. The molecule has 0 atom stereocenters. The van der Waals surface area contributed by atoms with Gasteiger partial charge in [0.25, 0.3) is 0 Å². The average molecular weight is 146 g/mol. The summed E-state index contributed by atoms with van der Waals surface area (Å²) in [6.45, 7) is 0.546. The molecule has 3 N–H and O–H groups in total. The summed E-state index contributed by atoms with van der Waals surface area (Å²) < 4.78 is 0. The zero-order valence-corrected chi connectivity index (χ0v) is 6.17. The third-order valence-electron chi connectivity index (χ3n) is 1.31. The normalized spacial score (nSPS) is 8.64. The van der Waals surface area contributed by atoms with Crippen LogP contribution in [-0.2, 0) is 0 Å². The monoisotopic (exact) mass is 146 g/mol. The molecule has 0 heterocycles. The summed E-state index contributed by atoms with van der Waals surface area (Å²) in [4.78, 5) is 0. The zero-order valence-electron chi connectivity index (χ0n) is 6.17. The van der Waals surface area contributed by atoms with Crippen LogP contribution in [0.2, 0.25) is 0 Å². The molecule has 56 valence electrons. The molecule has 0 bridgehead atoms. The lowest BCUT2D eigenvalue weighted by Gasteiger charge is -2.01. The highest BCUT2D eigenvalue weighted by Crippen LogP contribution is 2.09. The molecular formula is C9H10N2. The molecule has 0 spiro atoms. The Balaban J connectivity index is 2.60. The Morgan fingerprint density at radius 3 is 2.55 bits per heavy atom. The first-order chi connectivity index (χ1) is 5.33. The van der Waals surface area contributed by atoms with Crippen molar-refractivity contribution < 1.29 is 0 Å². The van der Waals surface area contributed by atoms with Gasteiger partial charge >= 0.3 is 0 Å². The van der Waals surface area contributed by atoms with Crippen LogP contribution >= 0.6 is 0 Å². The molecule has 0 fully saturated rings. The van der Waals surface area contributed by atoms with Crippen LogP contribution < -0.4 is 11.1 Å². The minimum Gasteiger partial charge on any atom is -0.399 e. The molecule has 0 saturated heterocycles. The van der Waals surface area contributed by atoms with Crippen molar-refractivity contribution in [2.45, 2.75) is 0 Å². The molecule has 1 rings (SSSR count). The van der Waals surface area contributed by atoms with Crippen molar-refractivity contribution >= 4 is 11.4 Å². The van der Waals surface area contributed by atoms with Crippen molar-refractivity contribution in [2.75, 3.05) is 17.6 Å².